The molecule has 16 saturated carbocycles. The molecule has 12 aromatic rings. The van der Waals surface area contributed by atoms with Gasteiger partial charge in [-0.05, 0) is 439 Å². The van der Waals surface area contributed by atoms with Crippen molar-refractivity contribution in [1.29, 1.82) is 0 Å². The fourth-order valence-corrected chi connectivity index (χ4v) is 30.7. The van der Waals surface area contributed by atoms with E-state index in [2.05, 4.69) is 115 Å². The number of aliphatic hydroxyl groups is 7. The Bertz CT molecular complexity index is 6220. The molecule has 0 aromatic heterocycles. The molecule has 135 heavy (non-hydrogen) atoms. The summed E-state index contributed by atoms with van der Waals surface area (Å²) in [7, 11) is -5.85. The van der Waals surface area contributed by atoms with E-state index >= 15 is 0 Å². The number of ether oxygens (including phenoxy) is 1. The molecule has 0 saturated heterocycles. The highest BCUT2D eigenvalue weighted by molar-refractivity contribution is 6.60. The second-order valence-corrected chi connectivity index (χ2v) is 44.5. The number of aliphatic hydroxyl groups excluding tert-OH is 7. The third kappa shape index (κ3) is 18.7. The van der Waals surface area contributed by atoms with Crippen molar-refractivity contribution < 1.29 is 80.7 Å². The molecule has 16 fully saturated rings. The maximum absolute atomic E-state index is 10.7. The van der Waals surface area contributed by atoms with Crippen molar-refractivity contribution in [2.75, 3.05) is 33.0 Å². The lowest BCUT2D eigenvalue weighted by Crippen LogP contribution is -2.49. The van der Waals surface area contributed by atoms with E-state index in [1.165, 1.54) is 199 Å². The van der Waals surface area contributed by atoms with Gasteiger partial charge in [0.1, 0.15) is 24.6 Å². The van der Waals surface area contributed by atoms with Crippen molar-refractivity contribution in [3.8, 4) is 50.3 Å². The molecule has 698 valence electrons. The first kappa shape index (κ1) is 92.5. The molecule has 20 heteroatoms. The van der Waals surface area contributed by atoms with Gasteiger partial charge in [-0.1, -0.05) is 182 Å². The molecule has 28 rings (SSSR count). The van der Waals surface area contributed by atoms with Crippen molar-refractivity contribution in [2.24, 2.45) is 71.0 Å². The van der Waals surface area contributed by atoms with Crippen molar-refractivity contribution >= 4 is 93.4 Å². The van der Waals surface area contributed by atoms with E-state index in [9.17, 15) is 75.9 Å². The molecule has 3 unspecified atom stereocenters. The Morgan fingerprint density at radius 2 is 0.526 bits per heavy atom. The molecule has 12 aromatic carbocycles. The van der Waals surface area contributed by atoms with Crippen LogP contribution in [-0.2, 0) is 34.5 Å². The molecule has 16 nitrogen and oxygen atoms in total. The first-order valence-electron chi connectivity index (χ1n) is 50.6. The molecule has 0 amide bonds. The normalized spacial score (nSPS) is 28.3. The summed E-state index contributed by atoms with van der Waals surface area (Å²) in [5.41, 5.74) is 21.1. The lowest BCUT2D eigenvalue weighted by Gasteiger charge is -2.57. The Labute approximate surface area is 794 Å². The summed E-state index contributed by atoms with van der Waals surface area (Å²) >= 11 is 0. The molecule has 16 aliphatic carbocycles. The van der Waals surface area contributed by atoms with E-state index in [0.29, 0.717) is 33.7 Å². The molecule has 16 aliphatic rings. The van der Waals surface area contributed by atoms with E-state index < -0.39 is 46.8 Å². The zero-order valence-corrected chi connectivity index (χ0v) is 77.5. The second-order valence-electron chi connectivity index (χ2n) is 44.5. The van der Waals surface area contributed by atoms with Crippen molar-refractivity contribution in [3.05, 3.63) is 257 Å². The van der Waals surface area contributed by atoms with Crippen LogP contribution in [-0.4, -0.2) is 150 Å². The Morgan fingerprint density at radius 3 is 0.844 bits per heavy atom. The van der Waals surface area contributed by atoms with Crippen LogP contribution in [0.15, 0.2) is 218 Å². The molecule has 3 atom stereocenters. The molecule has 0 radical (unpaired) electrons. The fraction of sp³-hybridized carbons (Fsp3) is 0.443. The van der Waals surface area contributed by atoms with Gasteiger partial charge >= 0.3 is 28.5 Å². The molecular weight excluding hydrogens is 1680 g/mol. The maximum atomic E-state index is 10.7. The van der Waals surface area contributed by atoms with Crippen molar-refractivity contribution in [3.63, 3.8) is 0 Å². The smallest absolute Gasteiger partial charge is 0.488 e. The number of aryl methyl sites for hydroxylation is 1. The summed E-state index contributed by atoms with van der Waals surface area (Å²) in [6.07, 6.45) is 31.6. The van der Waals surface area contributed by atoms with E-state index in [0.717, 1.165) is 166 Å². The third-order valence-corrected chi connectivity index (χ3v) is 35.1. The Morgan fingerprint density at radius 1 is 0.267 bits per heavy atom. The van der Waals surface area contributed by atoms with Crippen LogP contribution in [0.2, 0.25) is 0 Å². The van der Waals surface area contributed by atoms with Gasteiger partial charge in [0.25, 0.3) is 0 Å². The number of fused-ring (bicyclic) bond motifs is 4. The standard InChI is InChI=1S/C29H33BO5.C29H33BO4.C29H33BO3.C28H31BO4/c31-16-26(32)17-35-28-6-4-24(21-1-2-23-11-25(30(33)34)5-3-22(23)10-21)12-27(28)29-13-18-7-19(14-29)9-20(8-18)15-29;31-17-27(32)12-25-4-3-24(21-1-2-23-11-26(30(33)34)6-5-22(23)10-21)13-28(25)29-14-18-7-19(15-29)9-20(8-18)16-29;31-9-1-2-22-3-4-26(23-5-6-25-14-27(30(32)33)8-7-24(25)13-23)15-28(22)29-16-19-10-20(17-29)12-21(11-19)18-29;30-16-27(31)25-6-4-23(20-1-2-22-11-24(29(32)33)5-3-21(22)10-20)12-26(25)28-13-17-7-18(14-28)9-19(8-17)15-28/h1-6,10-12,18-20,26,31-34H,7-9,13-17H2;1-6,10-11,13,18-20,27,31-34H,7-9,12,14-17H2;3-8,13-15,19-21,31-33H,1-2,9-12,16-18H2;1-6,10-12,17-19,27,30-33H,7-9,13-16H2. The van der Waals surface area contributed by atoms with E-state index in [1.54, 1.807) is 29.8 Å². The summed E-state index contributed by atoms with van der Waals surface area (Å²) in [5.74, 6) is 10.9. The highest BCUT2D eigenvalue weighted by Crippen LogP contribution is 2.67. The minimum absolute atomic E-state index is 0.0875. The van der Waals surface area contributed by atoms with Crippen LogP contribution < -0.4 is 26.6 Å². The van der Waals surface area contributed by atoms with Gasteiger partial charge in [0, 0.05) is 18.6 Å². The summed E-state index contributed by atoms with van der Waals surface area (Å²) < 4.78 is 6.12. The molecular formula is C115H130B4O16. The molecule has 0 aliphatic heterocycles. The minimum atomic E-state index is -1.47. The van der Waals surface area contributed by atoms with Crippen molar-refractivity contribution in [1.82, 2.24) is 0 Å². The number of hydrogen-bond donors (Lipinski definition) is 15. The van der Waals surface area contributed by atoms with E-state index in [4.69, 9.17) is 4.74 Å². The highest BCUT2D eigenvalue weighted by Gasteiger charge is 2.57. The predicted octanol–water partition coefficient (Wildman–Crippen LogP) is 15.2. The Kier molecular flexibility index (Phi) is 26.1. The fourth-order valence-electron chi connectivity index (χ4n) is 30.7. The van der Waals surface area contributed by atoms with Crippen LogP contribution in [0.5, 0.6) is 5.75 Å². The van der Waals surface area contributed by atoms with Gasteiger partial charge < -0.3 is 80.7 Å². The van der Waals surface area contributed by atoms with Gasteiger partial charge in [0.2, 0.25) is 0 Å². The van der Waals surface area contributed by atoms with Crippen LogP contribution in [0.1, 0.15) is 206 Å². The van der Waals surface area contributed by atoms with Gasteiger partial charge in [0.15, 0.2) is 0 Å². The number of rotatable bonds is 24. The largest absolute Gasteiger partial charge is 0.490 e. The zero-order chi connectivity index (χ0) is 92.9. The van der Waals surface area contributed by atoms with E-state index in [-0.39, 0.29) is 49.3 Å². The molecule has 15 N–H and O–H groups in total. The van der Waals surface area contributed by atoms with Crippen LogP contribution in [0.25, 0.3) is 87.6 Å². The first-order chi connectivity index (χ1) is 65.3. The lowest BCUT2D eigenvalue weighted by atomic mass is 9.47. The third-order valence-electron chi connectivity index (χ3n) is 35.1. The quantitative estimate of drug-likeness (QED) is 0.0250. The second kappa shape index (κ2) is 38.0. The monoisotopic (exact) mass is 1810 g/mol. The average molecular weight is 1810 g/mol. The molecule has 0 spiro atoms. The molecule has 0 heterocycles. The summed E-state index contributed by atoms with van der Waals surface area (Å²) in [4.78, 5) is 0. The lowest BCUT2D eigenvalue weighted by molar-refractivity contribution is -0.00743. The maximum Gasteiger partial charge on any atom is 0.488 e. The van der Waals surface area contributed by atoms with Gasteiger partial charge in [0.05, 0.1) is 25.9 Å². The number of benzene rings is 12. The van der Waals surface area contributed by atoms with Crippen molar-refractivity contribution in [2.45, 2.75) is 213 Å². The summed E-state index contributed by atoms with van der Waals surface area (Å²) in [6, 6.07) is 74.0. The van der Waals surface area contributed by atoms with Gasteiger partial charge in [-0.25, -0.2) is 0 Å². The van der Waals surface area contributed by atoms with Gasteiger partial charge in [-0.3, -0.25) is 0 Å². The summed E-state index contributed by atoms with van der Waals surface area (Å²) in [6.45, 7) is -0.441. The minimum Gasteiger partial charge on any atom is -0.490 e. The van der Waals surface area contributed by atoms with Crippen LogP contribution >= 0.6 is 0 Å². The molecule has 16 bridgehead atoms. The SMILES string of the molecule is OCC(O)COc1ccc(-c2ccc3cc(B(O)O)ccc3c2)cc1C12CC3CC(CC(C3)C1)C2.OCC(O)Cc1ccc(-c2ccc3cc(B(O)O)ccc3c2)cc1C12CC3CC(CC(C3)C1)C2.OCC(O)c1ccc(-c2ccc3cc(B(O)O)ccc3c2)cc1C12CC3CC(CC(C3)C1)C2.OCCCc1ccc(-c2ccc3cc(B(O)O)ccc3c2)cc1C12CC3CC(CC(C3)C1)C2. The van der Waals surface area contributed by atoms with Crippen LogP contribution in [0.3, 0.4) is 0 Å². The summed E-state index contributed by atoms with van der Waals surface area (Å²) in [5, 5.41) is 153. The van der Waals surface area contributed by atoms with Crippen LogP contribution in [0.4, 0.5) is 0 Å². The first-order valence-corrected chi connectivity index (χ1v) is 50.6. The topological polar surface area (TPSA) is 313 Å². The Balaban J connectivity index is 0.000000108. The van der Waals surface area contributed by atoms with Gasteiger partial charge in [-0.15, -0.1) is 0 Å². The zero-order valence-electron chi connectivity index (χ0n) is 77.5. The Hall–Kier alpha value is -8.86. The average Bonchev–Trinajstić information content (AvgIpc) is 0.736. The number of hydrogen-bond acceptors (Lipinski definition) is 16. The predicted molar refractivity (Wildman–Crippen MR) is 539 cm³/mol. The highest BCUT2D eigenvalue weighted by atomic mass is 16.5. The van der Waals surface area contributed by atoms with Gasteiger partial charge in [-0.2, -0.15) is 0 Å². The van der Waals surface area contributed by atoms with Crippen LogP contribution in [0, 0.1) is 71.0 Å². The van der Waals surface area contributed by atoms with E-state index in [1.807, 2.05) is 78.9 Å².